The first-order valence-corrected chi connectivity index (χ1v) is 6.82. The lowest BCUT2D eigenvalue weighted by Crippen LogP contribution is -2.04. The van der Waals surface area contributed by atoms with Gasteiger partial charge in [-0.15, -0.1) is 10.2 Å². The average molecular weight is 273 g/mol. The molecule has 104 valence electrons. The van der Waals surface area contributed by atoms with Gasteiger partial charge in [-0.1, -0.05) is 25.3 Å². The van der Waals surface area contributed by atoms with Crippen LogP contribution in [0.2, 0.25) is 0 Å². The van der Waals surface area contributed by atoms with Gasteiger partial charge in [0.25, 0.3) is 5.69 Å². The normalized spacial score (nSPS) is 16.2. The van der Waals surface area contributed by atoms with Gasteiger partial charge in [-0.25, -0.2) is 0 Å². The van der Waals surface area contributed by atoms with Crippen LogP contribution >= 0.6 is 0 Å². The van der Waals surface area contributed by atoms with E-state index in [0.29, 0.717) is 23.3 Å². The molecule has 6 nitrogen and oxygen atoms in total. The lowest BCUT2D eigenvalue weighted by atomic mass is 9.89. The van der Waals surface area contributed by atoms with Crippen LogP contribution in [-0.4, -0.2) is 15.1 Å². The van der Waals surface area contributed by atoms with Gasteiger partial charge in [0.05, 0.1) is 4.92 Å². The molecule has 0 spiro atoms. The van der Waals surface area contributed by atoms with Crippen LogP contribution in [0.4, 0.5) is 5.69 Å². The van der Waals surface area contributed by atoms with Crippen molar-refractivity contribution in [3.63, 3.8) is 0 Å². The Morgan fingerprint density at radius 3 is 2.75 bits per heavy atom. The van der Waals surface area contributed by atoms with Crippen molar-refractivity contribution in [1.29, 1.82) is 0 Å². The minimum atomic E-state index is -0.429. The average Bonchev–Trinajstić information content (AvgIpc) is 2.98. The van der Waals surface area contributed by atoms with Crippen molar-refractivity contribution in [2.75, 3.05) is 0 Å². The summed E-state index contributed by atoms with van der Waals surface area (Å²) in [6.07, 6.45) is 5.81. The van der Waals surface area contributed by atoms with E-state index in [0.717, 1.165) is 12.8 Å². The second-order valence-electron chi connectivity index (χ2n) is 5.09. The molecule has 1 aliphatic carbocycles. The maximum absolute atomic E-state index is 10.8. The van der Waals surface area contributed by atoms with Crippen molar-refractivity contribution in [3.8, 4) is 11.5 Å². The largest absolute Gasteiger partial charge is 0.420 e. The van der Waals surface area contributed by atoms with Gasteiger partial charge < -0.3 is 4.42 Å². The summed E-state index contributed by atoms with van der Waals surface area (Å²) in [5.74, 6) is 1.35. The van der Waals surface area contributed by atoms with Crippen molar-refractivity contribution in [2.45, 2.75) is 38.0 Å². The van der Waals surface area contributed by atoms with Crippen LogP contribution in [0.25, 0.3) is 11.5 Å². The molecule has 0 aliphatic heterocycles. The third kappa shape index (κ3) is 2.54. The van der Waals surface area contributed by atoms with E-state index in [9.17, 15) is 10.1 Å². The minimum absolute atomic E-state index is 0.0277. The maximum Gasteiger partial charge on any atom is 0.270 e. The van der Waals surface area contributed by atoms with E-state index in [1.54, 1.807) is 12.1 Å². The highest BCUT2D eigenvalue weighted by Crippen LogP contribution is 2.33. The summed E-state index contributed by atoms with van der Waals surface area (Å²) in [6.45, 7) is 0. The molecule has 2 aromatic rings. The van der Waals surface area contributed by atoms with E-state index in [1.165, 1.54) is 31.4 Å². The van der Waals surface area contributed by atoms with Crippen LogP contribution in [0.5, 0.6) is 0 Å². The molecule has 0 atom stereocenters. The van der Waals surface area contributed by atoms with Gasteiger partial charge in [0.1, 0.15) is 0 Å². The summed E-state index contributed by atoms with van der Waals surface area (Å²) in [7, 11) is 0. The van der Waals surface area contributed by atoms with Crippen molar-refractivity contribution in [2.24, 2.45) is 0 Å². The van der Waals surface area contributed by atoms with Crippen LogP contribution in [0.1, 0.15) is 43.9 Å². The summed E-state index contributed by atoms with van der Waals surface area (Å²) in [4.78, 5) is 10.3. The summed E-state index contributed by atoms with van der Waals surface area (Å²) in [6, 6.07) is 6.27. The topological polar surface area (TPSA) is 82.1 Å². The van der Waals surface area contributed by atoms with Gasteiger partial charge in [0.15, 0.2) is 0 Å². The van der Waals surface area contributed by atoms with Crippen LogP contribution in [0.3, 0.4) is 0 Å². The summed E-state index contributed by atoms with van der Waals surface area (Å²) < 4.78 is 5.70. The number of rotatable bonds is 3. The first-order valence-electron chi connectivity index (χ1n) is 6.82. The van der Waals surface area contributed by atoms with E-state index < -0.39 is 4.92 Å². The highest BCUT2D eigenvalue weighted by Gasteiger charge is 2.22. The number of nitro benzene ring substituents is 1. The quantitative estimate of drug-likeness (QED) is 0.629. The molecule has 3 rings (SSSR count). The van der Waals surface area contributed by atoms with E-state index in [1.807, 2.05) is 0 Å². The number of aromatic nitrogens is 2. The Morgan fingerprint density at radius 1 is 1.20 bits per heavy atom. The molecule has 0 N–H and O–H groups in total. The van der Waals surface area contributed by atoms with Crippen molar-refractivity contribution < 1.29 is 9.34 Å². The van der Waals surface area contributed by atoms with Crippen LogP contribution in [0, 0.1) is 10.1 Å². The first-order chi connectivity index (χ1) is 9.74. The number of hydrogen-bond donors (Lipinski definition) is 0. The lowest BCUT2D eigenvalue weighted by Gasteiger charge is -2.17. The van der Waals surface area contributed by atoms with Crippen molar-refractivity contribution >= 4 is 5.69 Å². The Balaban J connectivity index is 1.85. The number of hydrogen-bond acceptors (Lipinski definition) is 5. The Morgan fingerprint density at radius 2 is 2.00 bits per heavy atom. The zero-order chi connectivity index (χ0) is 13.9. The van der Waals surface area contributed by atoms with Gasteiger partial charge in [0, 0.05) is 23.6 Å². The first kappa shape index (κ1) is 12.8. The Hall–Kier alpha value is -2.24. The molecule has 0 unspecified atom stereocenters. The van der Waals surface area contributed by atoms with Crippen LogP contribution < -0.4 is 0 Å². The Bertz CT molecular complexity index is 618. The summed E-state index contributed by atoms with van der Waals surface area (Å²) in [5, 5.41) is 18.9. The van der Waals surface area contributed by atoms with Gasteiger partial charge >= 0.3 is 0 Å². The standard InChI is InChI=1S/C14H15N3O3/c18-17(19)12-8-4-7-11(9-12)14-16-15-13(20-14)10-5-2-1-3-6-10/h4,7-10H,1-3,5-6H2. The van der Waals surface area contributed by atoms with Crippen molar-refractivity contribution in [3.05, 3.63) is 40.3 Å². The van der Waals surface area contributed by atoms with Gasteiger partial charge in [-0.05, 0) is 18.9 Å². The number of nitro groups is 1. The van der Waals surface area contributed by atoms with Crippen molar-refractivity contribution in [1.82, 2.24) is 10.2 Å². The molecule has 1 aliphatic rings. The van der Waals surface area contributed by atoms with E-state index in [-0.39, 0.29) is 5.69 Å². The Labute approximate surface area is 116 Å². The third-order valence-corrected chi connectivity index (χ3v) is 3.70. The van der Waals surface area contributed by atoms with E-state index in [4.69, 9.17) is 4.42 Å². The smallest absolute Gasteiger partial charge is 0.270 e. The molecule has 0 bridgehead atoms. The highest BCUT2D eigenvalue weighted by molar-refractivity contribution is 5.57. The number of nitrogens with zero attached hydrogens (tertiary/aromatic N) is 3. The molecule has 1 saturated carbocycles. The zero-order valence-corrected chi connectivity index (χ0v) is 11.0. The predicted molar refractivity (Wildman–Crippen MR) is 72.2 cm³/mol. The molecule has 1 heterocycles. The molecule has 1 fully saturated rings. The number of benzene rings is 1. The second-order valence-corrected chi connectivity index (χ2v) is 5.09. The Kier molecular flexibility index (Phi) is 3.45. The minimum Gasteiger partial charge on any atom is -0.420 e. The molecular weight excluding hydrogens is 258 g/mol. The summed E-state index contributed by atoms with van der Waals surface area (Å²) >= 11 is 0. The monoisotopic (exact) mass is 273 g/mol. The lowest BCUT2D eigenvalue weighted by molar-refractivity contribution is -0.384. The molecule has 0 saturated heterocycles. The zero-order valence-electron chi connectivity index (χ0n) is 11.0. The fourth-order valence-corrected chi connectivity index (χ4v) is 2.62. The molecule has 6 heteroatoms. The highest BCUT2D eigenvalue weighted by atomic mass is 16.6. The molecule has 20 heavy (non-hydrogen) atoms. The van der Waals surface area contributed by atoms with Gasteiger partial charge in [0.2, 0.25) is 11.8 Å². The third-order valence-electron chi connectivity index (χ3n) is 3.70. The number of non-ortho nitro benzene ring substituents is 1. The van der Waals surface area contributed by atoms with E-state index in [2.05, 4.69) is 10.2 Å². The predicted octanol–water partition coefficient (Wildman–Crippen LogP) is 3.69. The fraction of sp³-hybridized carbons (Fsp3) is 0.429. The fourth-order valence-electron chi connectivity index (χ4n) is 2.62. The van der Waals surface area contributed by atoms with Gasteiger partial charge in [-0.2, -0.15) is 0 Å². The van der Waals surface area contributed by atoms with Gasteiger partial charge in [-0.3, -0.25) is 10.1 Å². The second kappa shape index (κ2) is 5.40. The van der Waals surface area contributed by atoms with Crippen LogP contribution in [-0.2, 0) is 0 Å². The molecule has 0 radical (unpaired) electrons. The molecule has 1 aromatic heterocycles. The summed E-state index contributed by atoms with van der Waals surface area (Å²) in [5.41, 5.74) is 0.619. The van der Waals surface area contributed by atoms with Crippen LogP contribution in [0.15, 0.2) is 28.7 Å². The molecule has 0 amide bonds. The van der Waals surface area contributed by atoms with E-state index >= 15 is 0 Å². The maximum atomic E-state index is 10.8. The SMILES string of the molecule is O=[N+]([O-])c1cccc(-c2nnc(C3CCCCC3)o2)c1. The molecular formula is C14H15N3O3. The molecule has 1 aromatic carbocycles.